The molecule has 0 saturated carbocycles. The minimum Gasteiger partial charge on any atom is -0.495 e. The van der Waals surface area contributed by atoms with Gasteiger partial charge in [-0.15, -0.1) is 0 Å². The van der Waals surface area contributed by atoms with Crippen molar-refractivity contribution in [1.29, 1.82) is 5.26 Å². The number of nitriles is 1. The molecule has 1 spiro atoms. The Morgan fingerprint density at radius 1 is 1.07 bits per heavy atom. The highest BCUT2D eigenvalue weighted by Crippen LogP contribution is 2.42. The van der Waals surface area contributed by atoms with Crippen LogP contribution in [-0.4, -0.2) is 74.2 Å². The number of likely N-dealkylation sites (tertiary alicyclic amines) is 2. The molecule has 0 aliphatic carbocycles. The lowest BCUT2D eigenvalue weighted by Crippen LogP contribution is -2.61. The summed E-state index contributed by atoms with van der Waals surface area (Å²) in [7, 11) is 3.11. The van der Waals surface area contributed by atoms with E-state index >= 15 is 0 Å². The molecule has 0 unspecified atom stereocenters. The number of nitrogens with zero attached hydrogens (tertiary/aromatic N) is 4. The van der Waals surface area contributed by atoms with Crippen molar-refractivity contribution in [3.63, 3.8) is 0 Å². The molecule has 42 heavy (non-hydrogen) atoms. The van der Waals surface area contributed by atoms with Crippen LogP contribution in [-0.2, 0) is 4.79 Å². The van der Waals surface area contributed by atoms with Crippen LogP contribution in [0.5, 0.6) is 17.2 Å². The second-order valence-corrected chi connectivity index (χ2v) is 11.7. The molecule has 222 valence electrons. The number of rotatable bonds is 10. The Labute approximate surface area is 256 Å². The smallest absolute Gasteiger partial charge is 0.222 e. The highest BCUT2D eigenvalue weighted by atomic mass is 35.5. The number of halogens is 2. The van der Waals surface area contributed by atoms with Crippen molar-refractivity contribution in [2.45, 2.75) is 32.6 Å². The molecule has 1 N–H and O–H groups in total. The van der Waals surface area contributed by atoms with Crippen molar-refractivity contribution in [2.75, 3.05) is 58.9 Å². The van der Waals surface area contributed by atoms with Gasteiger partial charge in [-0.3, -0.25) is 9.78 Å². The number of hydrogen-bond donors (Lipinski definition) is 1. The third-order valence-electron chi connectivity index (χ3n) is 8.28. The summed E-state index contributed by atoms with van der Waals surface area (Å²) in [5.74, 6) is 1.85. The van der Waals surface area contributed by atoms with Gasteiger partial charge in [0.2, 0.25) is 5.91 Å². The van der Waals surface area contributed by atoms with Gasteiger partial charge in [-0.05, 0) is 44.5 Å². The third kappa shape index (κ3) is 6.17. The van der Waals surface area contributed by atoms with E-state index in [9.17, 15) is 10.1 Å². The summed E-state index contributed by atoms with van der Waals surface area (Å²) >= 11 is 12.7. The van der Waals surface area contributed by atoms with Gasteiger partial charge in [0, 0.05) is 55.2 Å². The zero-order valence-corrected chi connectivity index (χ0v) is 25.6. The monoisotopic (exact) mass is 611 g/mol. The Morgan fingerprint density at radius 2 is 1.81 bits per heavy atom. The maximum Gasteiger partial charge on any atom is 0.222 e. The molecule has 3 aromatic rings. The van der Waals surface area contributed by atoms with Gasteiger partial charge in [-0.2, -0.15) is 5.26 Å². The fraction of sp³-hybridized carbons (Fsp3) is 0.452. The van der Waals surface area contributed by atoms with E-state index in [1.54, 1.807) is 19.2 Å². The topological polar surface area (TPSA) is 100.0 Å². The number of methoxy groups -OCH3 is 2. The summed E-state index contributed by atoms with van der Waals surface area (Å²) < 4.78 is 17.2. The number of aromatic nitrogens is 1. The number of anilines is 2. The van der Waals surface area contributed by atoms with E-state index in [-0.39, 0.29) is 5.91 Å². The quantitative estimate of drug-likeness (QED) is 0.267. The normalized spacial score (nSPS) is 16.1. The Kier molecular flexibility index (Phi) is 9.16. The summed E-state index contributed by atoms with van der Waals surface area (Å²) in [6.45, 7) is 7.35. The summed E-state index contributed by atoms with van der Waals surface area (Å²) in [6.07, 6.45) is 5.26. The molecule has 1 aromatic heterocycles. The number of benzene rings is 2. The lowest BCUT2D eigenvalue weighted by molar-refractivity contribution is -0.146. The predicted octanol–water partition coefficient (Wildman–Crippen LogP) is 6.28. The highest BCUT2D eigenvalue weighted by molar-refractivity contribution is 6.37. The highest BCUT2D eigenvalue weighted by Gasteiger charge is 2.45. The number of fused-ring (bicyclic) bond motifs is 1. The molecular formula is C31H35Cl2N5O4. The number of nitrogens with one attached hydrogen (secondary N) is 1. The van der Waals surface area contributed by atoms with E-state index in [0.29, 0.717) is 73.6 Å². The molecule has 0 atom stereocenters. The van der Waals surface area contributed by atoms with Gasteiger partial charge in [-0.1, -0.05) is 30.1 Å². The van der Waals surface area contributed by atoms with E-state index in [1.807, 2.05) is 24.0 Å². The largest absolute Gasteiger partial charge is 0.495 e. The number of carbonyl (C=O) groups excluding carboxylic acids is 1. The standard InChI is InChI=1S/C31H35Cl2N5O4/c1-4-29(39)38-18-31(19-38)6-9-37(10-7-31)8-5-11-42-28-14-24-21(12-27(28)41-3)30(20(16-34)17-35-24)36-25-15-26(40-2)23(33)13-22(25)32/h12-15,17H,4-11,18-19H2,1-3H3,(H,35,36). The SMILES string of the molecule is CCC(=O)N1CC2(CCN(CCCOc3cc4ncc(C#N)c(Nc5cc(OC)c(Cl)cc5Cl)c4cc3OC)CC2)C1. The zero-order valence-electron chi connectivity index (χ0n) is 24.1. The van der Waals surface area contributed by atoms with Crippen LogP contribution in [0.3, 0.4) is 0 Å². The molecule has 2 aromatic carbocycles. The number of ether oxygens (including phenoxy) is 3. The van der Waals surface area contributed by atoms with Gasteiger partial charge in [0.1, 0.15) is 11.8 Å². The maximum absolute atomic E-state index is 11.9. The molecule has 2 aliphatic rings. The first-order valence-electron chi connectivity index (χ1n) is 14.1. The van der Waals surface area contributed by atoms with E-state index in [0.717, 1.165) is 52.0 Å². The molecule has 11 heteroatoms. The fourth-order valence-corrected chi connectivity index (χ4v) is 6.32. The van der Waals surface area contributed by atoms with Crippen molar-refractivity contribution in [3.05, 3.63) is 46.1 Å². The molecular weight excluding hydrogens is 577 g/mol. The molecule has 5 rings (SSSR count). The van der Waals surface area contributed by atoms with Crippen LogP contribution in [0.2, 0.25) is 10.0 Å². The molecule has 9 nitrogen and oxygen atoms in total. The second kappa shape index (κ2) is 12.8. The van der Waals surface area contributed by atoms with Crippen LogP contribution in [0.4, 0.5) is 11.4 Å². The second-order valence-electron chi connectivity index (χ2n) is 10.9. The minimum atomic E-state index is 0.268. The van der Waals surface area contributed by atoms with Gasteiger partial charge in [-0.25, -0.2) is 0 Å². The first kappa shape index (κ1) is 30.0. The lowest BCUT2D eigenvalue weighted by atomic mass is 9.72. The number of hydrogen-bond acceptors (Lipinski definition) is 8. The van der Waals surface area contributed by atoms with Crippen molar-refractivity contribution >= 4 is 51.4 Å². The van der Waals surface area contributed by atoms with Gasteiger partial charge in [0.05, 0.1) is 53.3 Å². The van der Waals surface area contributed by atoms with Crippen LogP contribution in [0.1, 0.15) is 38.2 Å². The van der Waals surface area contributed by atoms with E-state index in [1.165, 1.54) is 13.3 Å². The summed E-state index contributed by atoms with van der Waals surface area (Å²) in [5.41, 5.74) is 2.39. The fourth-order valence-electron chi connectivity index (χ4n) is 5.81. The van der Waals surface area contributed by atoms with E-state index in [4.69, 9.17) is 37.4 Å². The van der Waals surface area contributed by atoms with E-state index in [2.05, 4.69) is 21.3 Å². The Bertz CT molecular complexity index is 1510. The van der Waals surface area contributed by atoms with Gasteiger partial charge in [0.25, 0.3) is 0 Å². The van der Waals surface area contributed by atoms with Crippen molar-refractivity contribution in [1.82, 2.24) is 14.8 Å². The van der Waals surface area contributed by atoms with Crippen LogP contribution in [0.25, 0.3) is 10.9 Å². The summed E-state index contributed by atoms with van der Waals surface area (Å²) in [6, 6.07) is 9.11. The van der Waals surface area contributed by atoms with Gasteiger partial charge in [0.15, 0.2) is 11.5 Å². The molecule has 2 fully saturated rings. The van der Waals surface area contributed by atoms with Crippen molar-refractivity contribution < 1.29 is 19.0 Å². The number of carbonyl (C=O) groups is 1. The molecule has 0 radical (unpaired) electrons. The molecule has 1 amide bonds. The van der Waals surface area contributed by atoms with Gasteiger partial charge >= 0.3 is 0 Å². The average Bonchev–Trinajstić information content (AvgIpc) is 2.99. The number of pyridine rings is 1. The molecule has 2 saturated heterocycles. The van der Waals surface area contributed by atoms with Crippen LogP contribution in [0.15, 0.2) is 30.5 Å². The molecule has 3 heterocycles. The Balaban J connectivity index is 1.23. The minimum absolute atomic E-state index is 0.268. The van der Waals surface area contributed by atoms with Crippen LogP contribution < -0.4 is 19.5 Å². The van der Waals surface area contributed by atoms with Crippen molar-refractivity contribution in [2.24, 2.45) is 5.41 Å². The third-order valence-corrected chi connectivity index (χ3v) is 8.88. The molecule has 2 aliphatic heterocycles. The lowest BCUT2D eigenvalue weighted by Gasteiger charge is -2.54. The summed E-state index contributed by atoms with van der Waals surface area (Å²) in [4.78, 5) is 20.9. The molecule has 0 bridgehead atoms. The first-order valence-corrected chi connectivity index (χ1v) is 14.9. The average molecular weight is 613 g/mol. The van der Waals surface area contributed by atoms with E-state index < -0.39 is 0 Å². The zero-order chi connectivity index (χ0) is 29.9. The van der Waals surface area contributed by atoms with Gasteiger partial charge < -0.3 is 29.3 Å². The maximum atomic E-state index is 11.9. The van der Waals surface area contributed by atoms with Crippen LogP contribution >= 0.6 is 23.2 Å². The predicted molar refractivity (Wildman–Crippen MR) is 164 cm³/mol. The van der Waals surface area contributed by atoms with Crippen LogP contribution in [0, 0.1) is 16.7 Å². The number of amides is 1. The first-order chi connectivity index (χ1) is 20.3. The van der Waals surface area contributed by atoms with Crippen molar-refractivity contribution in [3.8, 4) is 23.3 Å². The Morgan fingerprint density at radius 3 is 2.48 bits per heavy atom. The Hall–Kier alpha value is -3.45. The summed E-state index contributed by atoms with van der Waals surface area (Å²) in [5, 5.41) is 14.5. The number of piperidine rings is 1.